The number of anilines is 1. The van der Waals surface area contributed by atoms with Crippen LogP contribution in [0.4, 0.5) is 5.13 Å². The molecule has 0 atom stereocenters. The third-order valence-corrected chi connectivity index (χ3v) is 5.93. The molecule has 2 aliphatic heterocycles. The minimum atomic E-state index is 0.335. The van der Waals surface area contributed by atoms with Crippen LogP contribution in [-0.4, -0.2) is 59.4 Å². The van der Waals surface area contributed by atoms with E-state index >= 15 is 0 Å². The van der Waals surface area contributed by atoms with Gasteiger partial charge in [0.15, 0.2) is 0 Å². The quantitative estimate of drug-likeness (QED) is 0.878. The van der Waals surface area contributed by atoms with E-state index in [4.69, 9.17) is 0 Å². The van der Waals surface area contributed by atoms with E-state index in [0.29, 0.717) is 12.3 Å². The van der Waals surface area contributed by atoms with Gasteiger partial charge in [-0.05, 0) is 44.7 Å². The number of hydrogen-bond donors (Lipinski definition) is 1. The first-order chi connectivity index (χ1) is 11.8. The SMILES string of the molecule is CCc1nsc(N2CCCN(C(=O)CCC3CCNCC3)CC2)n1. The number of nitrogens with zero attached hydrogens (tertiary/aromatic N) is 4. The van der Waals surface area contributed by atoms with Gasteiger partial charge in [-0.1, -0.05) is 6.92 Å². The second-order valence-corrected chi connectivity index (χ2v) is 7.53. The summed E-state index contributed by atoms with van der Waals surface area (Å²) in [5, 5.41) is 4.40. The Labute approximate surface area is 148 Å². The molecule has 0 saturated carbocycles. The van der Waals surface area contributed by atoms with Gasteiger partial charge in [-0.2, -0.15) is 4.37 Å². The van der Waals surface area contributed by atoms with Crippen molar-refractivity contribution in [2.75, 3.05) is 44.2 Å². The van der Waals surface area contributed by atoms with Gasteiger partial charge in [0.1, 0.15) is 5.82 Å². The number of rotatable bonds is 5. The molecule has 7 heteroatoms. The van der Waals surface area contributed by atoms with Crippen molar-refractivity contribution in [1.82, 2.24) is 19.6 Å². The summed E-state index contributed by atoms with van der Waals surface area (Å²) in [6.45, 7) is 7.83. The maximum atomic E-state index is 12.6. The molecule has 3 heterocycles. The predicted molar refractivity (Wildman–Crippen MR) is 97.5 cm³/mol. The van der Waals surface area contributed by atoms with Crippen molar-refractivity contribution in [2.45, 2.75) is 45.4 Å². The lowest BCUT2D eigenvalue weighted by molar-refractivity contribution is -0.131. The Morgan fingerprint density at radius 3 is 2.83 bits per heavy atom. The highest BCUT2D eigenvalue weighted by molar-refractivity contribution is 7.09. The van der Waals surface area contributed by atoms with Gasteiger partial charge >= 0.3 is 0 Å². The fourth-order valence-corrected chi connectivity index (χ4v) is 4.33. The highest BCUT2D eigenvalue weighted by Crippen LogP contribution is 2.21. The molecule has 24 heavy (non-hydrogen) atoms. The Morgan fingerprint density at radius 2 is 2.08 bits per heavy atom. The molecule has 1 amide bonds. The number of aryl methyl sites for hydroxylation is 1. The molecule has 2 saturated heterocycles. The third-order valence-electron chi connectivity index (χ3n) is 5.12. The zero-order valence-corrected chi connectivity index (χ0v) is 15.5. The van der Waals surface area contributed by atoms with E-state index < -0.39 is 0 Å². The van der Waals surface area contributed by atoms with Crippen molar-refractivity contribution in [3.05, 3.63) is 5.82 Å². The second kappa shape index (κ2) is 8.76. The van der Waals surface area contributed by atoms with Gasteiger partial charge in [0.2, 0.25) is 11.0 Å². The van der Waals surface area contributed by atoms with Crippen LogP contribution in [0.1, 0.15) is 44.9 Å². The van der Waals surface area contributed by atoms with Gasteiger partial charge in [0, 0.05) is 50.6 Å². The van der Waals surface area contributed by atoms with Crippen molar-refractivity contribution in [1.29, 1.82) is 0 Å². The van der Waals surface area contributed by atoms with Crippen LogP contribution in [0.5, 0.6) is 0 Å². The van der Waals surface area contributed by atoms with Gasteiger partial charge in [-0.3, -0.25) is 4.79 Å². The summed E-state index contributed by atoms with van der Waals surface area (Å²) < 4.78 is 4.38. The first-order valence-electron chi connectivity index (χ1n) is 9.32. The van der Waals surface area contributed by atoms with Crippen molar-refractivity contribution in [3.63, 3.8) is 0 Å². The van der Waals surface area contributed by atoms with Gasteiger partial charge in [0.25, 0.3) is 0 Å². The average Bonchev–Trinajstić information content (AvgIpc) is 2.97. The van der Waals surface area contributed by atoms with Gasteiger partial charge in [-0.25, -0.2) is 4.98 Å². The molecule has 1 aromatic rings. The first-order valence-corrected chi connectivity index (χ1v) is 10.1. The van der Waals surface area contributed by atoms with Crippen LogP contribution in [0, 0.1) is 5.92 Å². The van der Waals surface area contributed by atoms with Crippen LogP contribution in [-0.2, 0) is 11.2 Å². The minimum Gasteiger partial charge on any atom is -0.345 e. The summed E-state index contributed by atoms with van der Waals surface area (Å²) in [4.78, 5) is 21.5. The highest BCUT2D eigenvalue weighted by atomic mass is 32.1. The molecule has 0 aromatic carbocycles. The van der Waals surface area contributed by atoms with Crippen molar-refractivity contribution < 1.29 is 4.79 Å². The Kier molecular flexibility index (Phi) is 6.43. The van der Waals surface area contributed by atoms with E-state index in [1.165, 1.54) is 24.4 Å². The average molecular weight is 352 g/mol. The molecule has 0 radical (unpaired) electrons. The van der Waals surface area contributed by atoms with Crippen LogP contribution in [0.3, 0.4) is 0 Å². The lowest BCUT2D eigenvalue weighted by Crippen LogP contribution is -2.35. The predicted octanol–water partition coefficient (Wildman–Crippen LogP) is 1.92. The summed E-state index contributed by atoms with van der Waals surface area (Å²) in [6.07, 6.45) is 6.10. The number of carbonyl (C=O) groups is 1. The lowest BCUT2D eigenvalue weighted by atomic mass is 9.93. The summed E-state index contributed by atoms with van der Waals surface area (Å²) in [7, 11) is 0. The third kappa shape index (κ3) is 4.66. The number of carbonyl (C=O) groups excluding carboxylic acids is 1. The van der Waals surface area contributed by atoms with Crippen LogP contribution < -0.4 is 10.2 Å². The molecular formula is C17H29N5OS. The molecule has 134 valence electrons. The van der Waals surface area contributed by atoms with Crippen LogP contribution in [0.25, 0.3) is 0 Å². The summed E-state index contributed by atoms with van der Waals surface area (Å²) >= 11 is 1.48. The number of piperidine rings is 1. The van der Waals surface area contributed by atoms with Gasteiger partial charge in [0.05, 0.1) is 0 Å². The normalized spacial score (nSPS) is 20.2. The van der Waals surface area contributed by atoms with E-state index in [0.717, 1.165) is 75.4 Å². The Morgan fingerprint density at radius 1 is 1.25 bits per heavy atom. The molecule has 2 fully saturated rings. The van der Waals surface area contributed by atoms with E-state index in [1.54, 1.807) is 0 Å². The lowest BCUT2D eigenvalue weighted by Gasteiger charge is -2.25. The maximum Gasteiger partial charge on any atom is 0.222 e. The summed E-state index contributed by atoms with van der Waals surface area (Å²) in [5.74, 6) is 1.99. The zero-order valence-electron chi connectivity index (χ0n) is 14.7. The fourth-order valence-electron chi connectivity index (χ4n) is 3.53. The monoisotopic (exact) mass is 351 g/mol. The fraction of sp³-hybridized carbons (Fsp3) is 0.824. The van der Waals surface area contributed by atoms with Crippen molar-refractivity contribution >= 4 is 22.6 Å². The molecule has 2 aliphatic rings. The molecular weight excluding hydrogens is 322 g/mol. The topological polar surface area (TPSA) is 61.4 Å². The molecule has 0 bridgehead atoms. The summed E-state index contributed by atoms with van der Waals surface area (Å²) in [6, 6.07) is 0. The van der Waals surface area contributed by atoms with E-state index in [1.807, 2.05) is 0 Å². The number of hydrogen-bond acceptors (Lipinski definition) is 6. The molecule has 0 unspecified atom stereocenters. The highest BCUT2D eigenvalue weighted by Gasteiger charge is 2.22. The van der Waals surface area contributed by atoms with E-state index in [-0.39, 0.29) is 0 Å². The standard InChI is InChI=1S/C17H29N5OS/c1-2-15-19-17(24-20-15)22-11-3-10-21(12-13-22)16(23)5-4-14-6-8-18-9-7-14/h14,18H,2-13H2,1H3. The molecule has 3 rings (SSSR count). The first kappa shape index (κ1) is 17.6. The smallest absolute Gasteiger partial charge is 0.222 e. The van der Waals surface area contributed by atoms with Crippen LogP contribution in [0.15, 0.2) is 0 Å². The number of amides is 1. The Bertz CT molecular complexity index is 529. The largest absolute Gasteiger partial charge is 0.345 e. The molecule has 1 N–H and O–H groups in total. The van der Waals surface area contributed by atoms with Crippen molar-refractivity contribution in [2.24, 2.45) is 5.92 Å². The molecule has 6 nitrogen and oxygen atoms in total. The number of aromatic nitrogens is 2. The van der Waals surface area contributed by atoms with Crippen LogP contribution in [0.2, 0.25) is 0 Å². The van der Waals surface area contributed by atoms with Gasteiger partial charge < -0.3 is 15.1 Å². The second-order valence-electron chi connectivity index (χ2n) is 6.80. The maximum absolute atomic E-state index is 12.6. The zero-order chi connectivity index (χ0) is 16.8. The molecule has 0 spiro atoms. The van der Waals surface area contributed by atoms with E-state index in [9.17, 15) is 4.79 Å². The Hall–Kier alpha value is -1.21. The minimum absolute atomic E-state index is 0.335. The molecule has 0 aliphatic carbocycles. The van der Waals surface area contributed by atoms with Gasteiger partial charge in [-0.15, -0.1) is 0 Å². The molecule has 1 aromatic heterocycles. The van der Waals surface area contributed by atoms with Crippen LogP contribution >= 0.6 is 11.5 Å². The van der Waals surface area contributed by atoms with E-state index in [2.05, 4.69) is 31.4 Å². The number of nitrogens with one attached hydrogen (secondary N) is 1. The Balaban J connectivity index is 1.46. The summed E-state index contributed by atoms with van der Waals surface area (Å²) in [5.41, 5.74) is 0. The van der Waals surface area contributed by atoms with Crippen molar-refractivity contribution in [3.8, 4) is 0 Å².